The fraction of sp³-hybridized carbons (Fsp3) is 0.208. The van der Waals surface area contributed by atoms with E-state index in [1.165, 1.54) is 13.0 Å². The summed E-state index contributed by atoms with van der Waals surface area (Å²) in [6.45, 7) is 1.82. The quantitative estimate of drug-likeness (QED) is 0.531. The Kier molecular flexibility index (Phi) is 5.59. The molecule has 0 radical (unpaired) electrons. The number of amides is 1. The van der Waals surface area contributed by atoms with E-state index in [-0.39, 0.29) is 23.6 Å². The molecule has 1 aliphatic heterocycles. The first kappa shape index (κ1) is 20.8. The van der Waals surface area contributed by atoms with Gasteiger partial charge in [-0.2, -0.15) is 13.2 Å². The molecule has 4 rings (SSSR count). The van der Waals surface area contributed by atoms with Crippen LogP contribution in [0.1, 0.15) is 34.7 Å². The number of alkyl halides is 3. The molecule has 1 amide bonds. The number of hydrogen-bond donors (Lipinski definition) is 2. The second kappa shape index (κ2) is 8.34. The standard InChI is InChI=1S/C24H21F3N2O2/c1-15-10-21-22(12-19(15)24(25,26)27)29-23(30)13-20(28-21)17-8-5-9-18(11-17)31-14-16-6-3-2-4-7-16/h2-12,20,28H,13-14H2,1H3,(H,29,30). The van der Waals surface area contributed by atoms with Gasteiger partial charge in [0.15, 0.2) is 0 Å². The fourth-order valence-electron chi connectivity index (χ4n) is 3.62. The molecule has 0 aromatic heterocycles. The number of hydrogen-bond acceptors (Lipinski definition) is 3. The minimum absolute atomic E-state index is 0.0806. The Hall–Kier alpha value is -3.48. The Morgan fingerprint density at radius 1 is 1.00 bits per heavy atom. The minimum atomic E-state index is -4.49. The Balaban J connectivity index is 1.58. The number of ether oxygens (including phenoxy) is 1. The number of carbonyl (C=O) groups excluding carboxylic acids is 1. The Labute approximate surface area is 178 Å². The zero-order valence-corrected chi connectivity index (χ0v) is 16.8. The SMILES string of the molecule is Cc1cc2c(cc1C(F)(F)F)NC(=O)CC(c1cccc(OCc3ccccc3)c1)N2. The van der Waals surface area contributed by atoms with E-state index in [0.29, 0.717) is 18.0 Å². The molecule has 4 nitrogen and oxygen atoms in total. The van der Waals surface area contributed by atoms with Crippen LogP contribution >= 0.6 is 0 Å². The first-order valence-electron chi connectivity index (χ1n) is 9.84. The Morgan fingerprint density at radius 3 is 2.52 bits per heavy atom. The van der Waals surface area contributed by atoms with Gasteiger partial charge in [-0.05, 0) is 47.9 Å². The average Bonchev–Trinajstić information content (AvgIpc) is 2.89. The molecule has 0 spiro atoms. The minimum Gasteiger partial charge on any atom is -0.489 e. The second-order valence-electron chi connectivity index (χ2n) is 7.51. The molecule has 3 aromatic rings. The highest BCUT2D eigenvalue weighted by atomic mass is 19.4. The van der Waals surface area contributed by atoms with Gasteiger partial charge in [-0.1, -0.05) is 42.5 Å². The number of nitrogens with one attached hydrogen (secondary N) is 2. The molecule has 0 saturated carbocycles. The molecule has 1 heterocycles. The number of aryl methyl sites for hydroxylation is 1. The molecule has 160 valence electrons. The van der Waals surface area contributed by atoms with Crippen molar-refractivity contribution in [3.05, 3.63) is 89.0 Å². The monoisotopic (exact) mass is 426 g/mol. The summed E-state index contributed by atoms with van der Waals surface area (Å²) in [6.07, 6.45) is -4.41. The number of halogens is 3. The van der Waals surface area contributed by atoms with E-state index in [0.717, 1.165) is 17.2 Å². The molecule has 0 bridgehead atoms. The summed E-state index contributed by atoms with van der Waals surface area (Å²) in [5.74, 6) is 0.292. The van der Waals surface area contributed by atoms with Crippen LogP contribution in [0.5, 0.6) is 5.75 Å². The third-order valence-corrected chi connectivity index (χ3v) is 5.17. The molecular formula is C24H21F3N2O2. The lowest BCUT2D eigenvalue weighted by Gasteiger charge is -2.20. The summed E-state index contributed by atoms with van der Waals surface area (Å²) < 4.78 is 45.6. The molecule has 2 N–H and O–H groups in total. The predicted molar refractivity (Wildman–Crippen MR) is 113 cm³/mol. The molecule has 0 aliphatic carbocycles. The van der Waals surface area contributed by atoms with Gasteiger partial charge in [0.05, 0.1) is 29.4 Å². The van der Waals surface area contributed by atoms with Gasteiger partial charge in [-0.15, -0.1) is 0 Å². The maximum Gasteiger partial charge on any atom is 0.416 e. The van der Waals surface area contributed by atoms with E-state index < -0.39 is 17.8 Å². The molecule has 0 saturated heterocycles. The van der Waals surface area contributed by atoms with Crippen LogP contribution < -0.4 is 15.4 Å². The molecule has 7 heteroatoms. The average molecular weight is 426 g/mol. The van der Waals surface area contributed by atoms with E-state index >= 15 is 0 Å². The van der Waals surface area contributed by atoms with Crippen molar-refractivity contribution in [2.75, 3.05) is 10.6 Å². The summed E-state index contributed by atoms with van der Waals surface area (Å²) in [5, 5.41) is 5.81. The number of rotatable bonds is 4. The number of benzene rings is 3. The van der Waals surface area contributed by atoms with E-state index in [1.807, 2.05) is 54.6 Å². The molecule has 1 atom stereocenters. The van der Waals surface area contributed by atoms with Crippen LogP contribution in [0.3, 0.4) is 0 Å². The van der Waals surface area contributed by atoms with E-state index in [9.17, 15) is 18.0 Å². The van der Waals surface area contributed by atoms with Crippen molar-refractivity contribution in [1.29, 1.82) is 0 Å². The van der Waals surface area contributed by atoms with Crippen molar-refractivity contribution in [3.63, 3.8) is 0 Å². The topological polar surface area (TPSA) is 50.4 Å². The predicted octanol–water partition coefficient (Wildman–Crippen LogP) is 6.09. The Bertz CT molecular complexity index is 1100. The van der Waals surface area contributed by atoms with E-state index in [4.69, 9.17) is 4.74 Å². The Morgan fingerprint density at radius 2 is 1.77 bits per heavy atom. The molecular weight excluding hydrogens is 405 g/mol. The van der Waals surface area contributed by atoms with Gasteiger partial charge in [0, 0.05) is 0 Å². The third kappa shape index (κ3) is 4.82. The van der Waals surface area contributed by atoms with Crippen LogP contribution in [0.25, 0.3) is 0 Å². The second-order valence-corrected chi connectivity index (χ2v) is 7.51. The maximum absolute atomic E-state index is 13.3. The normalized spacial score (nSPS) is 16.0. The van der Waals surface area contributed by atoms with Crippen molar-refractivity contribution >= 4 is 17.3 Å². The van der Waals surface area contributed by atoms with Gasteiger partial charge in [0.1, 0.15) is 12.4 Å². The highest BCUT2D eigenvalue weighted by Gasteiger charge is 2.34. The fourth-order valence-corrected chi connectivity index (χ4v) is 3.62. The van der Waals surface area contributed by atoms with Crippen molar-refractivity contribution in [1.82, 2.24) is 0 Å². The van der Waals surface area contributed by atoms with Crippen LogP contribution in [0.4, 0.5) is 24.5 Å². The number of fused-ring (bicyclic) bond motifs is 1. The van der Waals surface area contributed by atoms with Gasteiger partial charge >= 0.3 is 6.18 Å². The summed E-state index contributed by atoms with van der Waals surface area (Å²) in [5.41, 5.74) is 1.76. The van der Waals surface area contributed by atoms with Crippen LogP contribution in [0.2, 0.25) is 0 Å². The largest absolute Gasteiger partial charge is 0.489 e. The van der Waals surface area contributed by atoms with Crippen molar-refractivity contribution in [2.45, 2.75) is 32.2 Å². The molecule has 0 fully saturated rings. The van der Waals surface area contributed by atoms with E-state index in [2.05, 4.69) is 10.6 Å². The van der Waals surface area contributed by atoms with Gasteiger partial charge in [0.2, 0.25) is 5.91 Å². The molecule has 31 heavy (non-hydrogen) atoms. The molecule has 1 unspecified atom stereocenters. The zero-order chi connectivity index (χ0) is 22.0. The smallest absolute Gasteiger partial charge is 0.416 e. The van der Waals surface area contributed by atoms with Crippen LogP contribution in [0.15, 0.2) is 66.7 Å². The zero-order valence-electron chi connectivity index (χ0n) is 16.8. The summed E-state index contributed by atoms with van der Waals surface area (Å²) in [6, 6.07) is 19.1. The lowest BCUT2D eigenvalue weighted by atomic mass is 10.0. The van der Waals surface area contributed by atoms with Gasteiger partial charge in [-0.3, -0.25) is 4.79 Å². The van der Waals surface area contributed by atoms with E-state index in [1.54, 1.807) is 0 Å². The lowest BCUT2D eigenvalue weighted by Crippen LogP contribution is -2.15. The molecule has 1 aliphatic rings. The summed E-state index contributed by atoms with van der Waals surface area (Å²) in [4.78, 5) is 12.4. The van der Waals surface area contributed by atoms with Crippen LogP contribution in [-0.4, -0.2) is 5.91 Å². The highest BCUT2D eigenvalue weighted by Crippen LogP contribution is 2.40. The van der Waals surface area contributed by atoms with Crippen LogP contribution in [-0.2, 0) is 17.6 Å². The third-order valence-electron chi connectivity index (χ3n) is 5.17. The van der Waals surface area contributed by atoms with Crippen molar-refractivity contribution in [3.8, 4) is 5.75 Å². The molecule has 3 aromatic carbocycles. The van der Waals surface area contributed by atoms with Crippen molar-refractivity contribution in [2.24, 2.45) is 0 Å². The highest BCUT2D eigenvalue weighted by molar-refractivity contribution is 5.97. The number of anilines is 2. The van der Waals surface area contributed by atoms with Gasteiger partial charge in [0.25, 0.3) is 0 Å². The summed E-state index contributed by atoms with van der Waals surface area (Å²) in [7, 11) is 0. The van der Waals surface area contributed by atoms with Gasteiger partial charge < -0.3 is 15.4 Å². The lowest BCUT2D eigenvalue weighted by molar-refractivity contribution is -0.138. The van der Waals surface area contributed by atoms with Crippen LogP contribution in [0, 0.1) is 6.92 Å². The number of carbonyl (C=O) groups is 1. The maximum atomic E-state index is 13.3. The van der Waals surface area contributed by atoms with Crippen molar-refractivity contribution < 1.29 is 22.7 Å². The summed E-state index contributed by atoms with van der Waals surface area (Å²) >= 11 is 0. The first-order valence-corrected chi connectivity index (χ1v) is 9.84. The van der Waals surface area contributed by atoms with Gasteiger partial charge in [-0.25, -0.2) is 0 Å². The first-order chi connectivity index (χ1) is 14.8.